The van der Waals surface area contributed by atoms with E-state index in [2.05, 4.69) is 5.32 Å². The number of methoxy groups -OCH3 is 3. The molecule has 6 heteroatoms. The SMILES string of the molecule is COc1cc(CC(=O)N[C@@H](C)c2ccc(F)cc2)cc(OC)c1OC. The number of rotatable bonds is 7. The molecule has 0 aliphatic rings. The Hall–Kier alpha value is -2.76. The summed E-state index contributed by atoms with van der Waals surface area (Å²) in [5.74, 6) is 1.01. The Bertz CT molecular complexity index is 706. The average molecular weight is 347 g/mol. The minimum Gasteiger partial charge on any atom is -0.493 e. The average Bonchev–Trinajstić information content (AvgIpc) is 2.61. The van der Waals surface area contributed by atoms with Gasteiger partial charge in [0, 0.05) is 0 Å². The third-order valence-corrected chi connectivity index (χ3v) is 3.84. The van der Waals surface area contributed by atoms with E-state index >= 15 is 0 Å². The molecule has 0 radical (unpaired) electrons. The van der Waals surface area contributed by atoms with Crippen molar-refractivity contribution in [3.63, 3.8) is 0 Å². The summed E-state index contributed by atoms with van der Waals surface area (Å²) in [5, 5.41) is 2.89. The second kappa shape index (κ2) is 8.37. The summed E-state index contributed by atoms with van der Waals surface area (Å²) in [5.41, 5.74) is 1.57. The second-order valence-electron chi connectivity index (χ2n) is 5.55. The van der Waals surface area contributed by atoms with E-state index < -0.39 is 0 Å². The first kappa shape index (κ1) is 18.6. The zero-order valence-corrected chi connectivity index (χ0v) is 14.8. The van der Waals surface area contributed by atoms with Crippen LogP contribution in [0, 0.1) is 5.82 Å². The van der Waals surface area contributed by atoms with Crippen molar-refractivity contribution in [3.05, 3.63) is 53.3 Å². The van der Waals surface area contributed by atoms with E-state index in [0.29, 0.717) is 17.2 Å². The fraction of sp³-hybridized carbons (Fsp3) is 0.316. The van der Waals surface area contributed by atoms with Gasteiger partial charge in [-0.3, -0.25) is 4.79 Å². The lowest BCUT2D eigenvalue weighted by molar-refractivity contribution is -0.121. The molecule has 0 aromatic heterocycles. The van der Waals surface area contributed by atoms with Crippen LogP contribution >= 0.6 is 0 Å². The molecule has 0 heterocycles. The van der Waals surface area contributed by atoms with Crippen LogP contribution in [-0.2, 0) is 11.2 Å². The number of carbonyl (C=O) groups is 1. The molecule has 0 aliphatic heterocycles. The molecule has 2 aromatic rings. The Morgan fingerprint density at radius 2 is 1.60 bits per heavy atom. The van der Waals surface area contributed by atoms with Gasteiger partial charge >= 0.3 is 0 Å². The second-order valence-corrected chi connectivity index (χ2v) is 5.55. The first-order chi connectivity index (χ1) is 12.0. The number of hydrogen-bond donors (Lipinski definition) is 1. The van der Waals surface area contributed by atoms with Gasteiger partial charge in [-0.05, 0) is 42.3 Å². The lowest BCUT2D eigenvalue weighted by atomic mass is 10.1. The zero-order valence-electron chi connectivity index (χ0n) is 14.8. The van der Waals surface area contributed by atoms with Gasteiger partial charge in [0.2, 0.25) is 11.7 Å². The van der Waals surface area contributed by atoms with Crippen LogP contribution in [0.3, 0.4) is 0 Å². The number of carbonyl (C=O) groups excluding carboxylic acids is 1. The van der Waals surface area contributed by atoms with Gasteiger partial charge < -0.3 is 19.5 Å². The van der Waals surface area contributed by atoms with Crippen LogP contribution in [0.4, 0.5) is 4.39 Å². The van der Waals surface area contributed by atoms with Gasteiger partial charge in [-0.1, -0.05) is 12.1 Å². The molecule has 0 aliphatic carbocycles. The van der Waals surface area contributed by atoms with Crippen molar-refractivity contribution in [3.8, 4) is 17.2 Å². The van der Waals surface area contributed by atoms with E-state index in [0.717, 1.165) is 11.1 Å². The third-order valence-electron chi connectivity index (χ3n) is 3.84. The van der Waals surface area contributed by atoms with Gasteiger partial charge in [0.15, 0.2) is 11.5 Å². The first-order valence-corrected chi connectivity index (χ1v) is 7.82. The summed E-state index contributed by atoms with van der Waals surface area (Å²) in [7, 11) is 4.58. The molecule has 1 amide bonds. The largest absolute Gasteiger partial charge is 0.493 e. The van der Waals surface area contributed by atoms with Crippen LogP contribution in [0.2, 0.25) is 0 Å². The Labute approximate surface area is 146 Å². The molecule has 0 unspecified atom stereocenters. The third kappa shape index (κ3) is 4.62. The summed E-state index contributed by atoms with van der Waals surface area (Å²) in [6.07, 6.45) is 0.155. The van der Waals surface area contributed by atoms with Crippen LogP contribution in [-0.4, -0.2) is 27.2 Å². The Kier molecular flexibility index (Phi) is 6.22. The van der Waals surface area contributed by atoms with Crippen molar-refractivity contribution >= 4 is 5.91 Å². The van der Waals surface area contributed by atoms with E-state index in [1.165, 1.54) is 33.5 Å². The van der Waals surface area contributed by atoms with Crippen LogP contribution in [0.25, 0.3) is 0 Å². The van der Waals surface area contributed by atoms with Gasteiger partial charge in [0.1, 0.15) is 5.82 Å². The summed E-state index contributed by atoms with van der Waals surface area (Å²) in [6, 6.07) is 9.30. The summed E-state index contributed by atoms with van der Waals surface area (Å²) in [6.45, 7) is 1.85. The number of nitrogens with one attached hydrogen (secondary N) is 1. The molecule has 0 saturated heterocycles. The smallest absolute Gasteiger partial charge is 0.224 e. The summed E-state index contributed by atoms with van der Waals surface area (Å²) in [4.78, 5) is 12.3. The molecular formula is C19H22FNO4. The predicted octanol–water partition coefficient (Wildman–Crippen LogP) is 3.27. The van der Waals surface area contributed by atoms with E-state index in [1.807, 2.05) is 6.92 Å². The molecule has 5 nitrogen and oxygen atoms in total. The Morgan fingerprint density at radius 3 is 2.08 bits per heavy atom. The van der Waals surface area contributed by atoms with Crippen LogP contribution < -0.4 is 19.5 Å². The molecule has 0 fully saturated rings. The number of ether oxygens (including phenoxy) is 3. The number of halogens is 1. The number of benzene rings is 2. The van der Waals surface area contributed by atoms with Crippen molar-refractivity contribution in [2.24, 2.45) is 0 Å². The molecule has 134 valence electrons. The fourth-order valence-corrected chi connectivity index (χ4v) is 2.55. The van der Waals surface area contributed by atoms with E-state index in [-0.39, 0.29) is 24.2 Å². The normalized spacial score (nSPS) is 11.6. The summed E-state index contributed by atoms with van der Waals surface area (Å²) >= 11 is 0. The van der Waals surface area contributed by atoms with Crippen LogP contribution in [0.5, 0.6) is 17.2 Å². The zero-order chi connectivity index (χ0) is 18.4. The summed E-state index contributed by atoms with van der Waals surface area (Å²) < 4.78 is 28.8. The highest BCUT2D eigenvalue weighted by atomic mass is 19.1. The number of amides is 1. The highest BCUT2D eigenvalue weighted by Gasteiger charge is 2.16. The standard InChI is InChI=1S/C19H22FNO4/c1-12(14-5-7-15(20)8-6-14)21-18(22)11-13-9-16(23-2)19(25-4)17(10-13)24-3/h5-10,12H,11H2,1-4H3,(H,21,22)/t12-/m0/s1. The topological polar surface area (TPSA) is 56.8 Å². The van der Waals surface area contributed by atoms with E-state index in [4.69, 9.17) is 14.2 Å². The molecule has 25 heavy (non-hydrogen) atoms. The lowest BCUT2D eigenvalue weighted by Crippen LogP contribution is -2.28. The Morgan fingerprint density at radius 1 is 1.04 bits per heavy atom. The molecule has 0 bridgehead atoms. The van der Waals surface area contributed by atoms with Gasteiger partial charge in [0.05, 0.1) is 33.8 Å². The molecular weight excluding hydrogens is 325 g/mol. The van der Waals surface area contributed by atoms with Crippen LogP contribution in [0.1, 0.15) is 24.1 Å². The molecule has 0 spiro atoms. The van der Waals surface area contributed by atoms with Gasteiger partial charge in [-0.25, -0.2) is 4.39 Å². The molecule has 2 aromatic carbocycles. The number of hydrogen-bond acceptors (Lipinski definition) is 4. The highest BCUT2D eigenvalue weighted by molar-refractivity contribution is 5.79. The van der Waals surface area contributed by atoms with Gasteiger partial charge in [-0.2, -0.15) is 0 Å². The van der Waals surface area contributed by atoms with Gasteiger partial charge in [-0.15, -0.1) is 0 Å². The van der Waals surface area contributed by atoms with E-state index in [1.54, 1.807) is 24.3 Å². The van der Waals surface area contributed by atoms with Gasteiger partial charge in [0.25, 0.3) is 0 Å². The molecule has 1 atom stereocenters. The quantitative estimate of drug-likeness (QED) is 0.835. The maximum Gasteiger partial charge on any atom is 0.224 e. The lowest BCUT2D eigenvalue weighted by Gasteiger charge is -2.16. The fourth-order valence-electron chi connectivity index (χ4n) is 2.55. The van der Waals surface area contributed by atoms with Crippen molar-refractivity contribution in [2.45, 2.75) is 19.4 Å². The first-order valence-electron chi connectivity index (χ1n) is 7.82. The van der Waals surface area contributed by atoms with E-state index in [9.17, 15) is 9.18 Å². The minimum absolute atomic E-state index is 0.155. The molecule has 1 N–H and O–H groups in total. The van der Waals surface area contributed by atoms with Crippen molar-refractivity contribution in [2.75, 3.05) is 21.3 Å². The maximum absolute atomic E-state index is 13.0. The monoisotopic (exact) mass is 347 g/mol. The Balaban J connectivity index is 2.10. The van der Waals surface area contributed by atoms with Crippen molar-refractivity contribution < 1.29 is 23.4 Å². The molecule has 2 rings (SSSR count). The van der Waals surface area contributed by atoms with Crippen molar-refractivity contribution in [1.29, 1.82) is 0 Å². The van der Waals surface area contributed by atoms with Crippen molar-refractivity contribution in [1.82, 2.24) is 5.32 Å². The van der Waals surface area contributed by atoms with Crippen LogP contribution in [0.15, 0.2) is 36.4 Å². The molecule has 0 saturated carbocycles. The maximum atomic E-state index is 13.0. The highest BCUT2D eigenvalue weighted by Crippen LogP contribution is 2.38. The predicted molar refractivity (Wildman–Crippen MR) is 92.8 cm³/mol. The minimum atomic E-state index is -0.306.